The van der Waals surface area contributed by atoms with Gasteiger partial charge >= 0.3 is 6.03 Å². The Morgan fingerprint density at radius 3 is 2.50 bits per heavy atom. The van der Waals surface area contributed by atoms with Crippen LogP contribution in [0.25, 0.3) is 0 Å². The zero-order valence-corrected chi connectivity index (χ0v) is 14.3. The van der Waals surface area contributed by atoms with Gasteiger partial charge in [0.2, 0.25) is 0 Å². The van der Waals surface area contributed by atoms with E-state index in [0.29, 0.717) is 17.5 Å². The standard InChI is InChI=1S/C17H21FN2O3S/c1-24(22,23)8-11-4-5-12(7-13(11)18)19-17(21)20-16-14-9-2-3-10(6-9)15(14)16/h4-5,7,9-10,14-16H,2-3,6,8H2,1H3,(H2,19,20,21)/t9-,10-,14+,15+/m0/s1. The van der Waals surface area contributed by atoms with Crippen molar-refractivity contribution in [3.05, 3.63) is 29.6 Å². The monoisotopic (exact) mass is 352 g/mol. The lowest BCUT2D eigenvalue weighted by molar-refractivity contribution is 0.249. The van der Waals surface area contributed by atoms with Crippen molar-refractivity contribution in [2.75, 3.05) is 11.6 Å². The molecule has 3 aliphatic carbocycles. The molecule has 2 N–H and O–H groups in total. The number of urea groups is 1. The van der Waals surface area contributed by atoms with Crippen LogP contribution in [0.1, 0.15) is 24.8 Å². The number of hydrogen-bond acceptors (Lipinski definition) is 3. The fourth-order valence-electron chi connectivity index (χ4n) is 4.86. The maximum Gasteiger partial charge on any atom is 0.319 e. The van der Waals surface area contributed by atoms with E-state index >= 15 is 0 Å². The molecule has 24 heavy (non-hydrogen) atoms. The van der Waals surface area contributed by atoms with Crippen molar-refractivity contribution in [1.82, 2.24) is 5.32 Å². The van der Waals surface area contributed by atoms with Crippen LogP contribution in [-0.2, 0) is 15.6 Å². The molecule has 5 nitrogen and oxygen atoms in total. The first kappa shape index (κ1) is 15.9. The SMILES string of the molecule is CS(=O)(=O)Cc1ccc(NC(=O)NC2[C@@H]3[C@H]4CC[C@@H](C4)[C@@H]23)cc1F. The van der Waals surface area contributed by atoms with Gasteiger partial charge in [-0.05, 0) is 55.1 Å². The maximum atomic E-state index is 14.0. The molecule has 1 aromatic rings. The molecule has 0 heterocycles. The van der Waals surface area contributed by atoms with E-state index in [0.717, 1.165) is 24.2 Å². The minimum absolute atomic E-state index is 0.108. The van der Waals surface area contributed by atoms with Crippen LogP contribution in [0, 0.1) is 29.5 Å². The van der Waals surface area contributed by atoms with Crippen molar-refractivity contribution in [2.45, 2.75) is 31.1 Å². The highest BCUT2D eigenvalue weighted by molar-refractivity contribution is 7.89. The molecule has 1 aromatic carbocycles. The summed E-state index contributed by atoms with van der Waals surface area (Å²) in [6.45, 7) is 0. The summed E-state index contributed by atoms with van der Waals surface area (Å²) < 4.78 is 36.5. The molecule has 130 valence electrons. The first-order valence-corrected chi connectivity index (χ1v) is 10.4. The summed E-state index contributed by atoms with van der Waals surface area (Å²) in [6, 6.07) is 4.05. The van der Waals surface area contributed by atoms with Crippen LogP contribution in [0.5, 0.6) is 0 Å². The van der Waals surface area contributed by atoms with Crippen LogP contribution < -0.4 is 10.6 Å². The van der Waals surface area contributed by atoms with Crippen molar-refractivity contribution in [2.24, 2.45) is 23.7 Å². The van der Waals surface area contributed by atoms with Gasteiger partial charge in [0.05, 0.1) is 5.75 Å². The Morgan fingerprint density at radius 2 is 1.92 bits per heavy atom. The molecule has 0 aliphatic heterocycles. The van der Waals surface area contributed by atoms with Crippen LogP contribution in [0.15, 0.2) is 18.2 Å². The quantitative estimate of drug-likeness (QED) is 0.874. The number of benzene rings is 1. The smallest absolute Gasteiger partial charge is 0.319 e. The van der Waals surface area contributed by atoms with E-state index in [1.54, 1.807) is 0 Å². The number of rotatable bonds is 4. The molecule has 4 atom stereocenters. The topological polar surface area (TPSA) is 75.3 Å². The largest absolute Gasteiger partial charge is 0.335 e. The normalized spacial score (nSPS) is 33.2. The third-order valence-electron chi connectivity index (χ3n) is 5.76. The summed E-state index contributed by atoms with van der Waals surface area (Å²) in [6.07, 6.45) is 4.96. The molecular weight excluding hydrogens is 331 g/mol. The number of fused-ring (bicyclic) bond motifs is 5. The first-order chi connectivity index (χ1) is 11.3. The fraction of sp³-hybridized carbons (Fsp3) is 0.588. The molecule has 2 amide bonds. The lowest BCUT2D eigenvalue weighted by Gasteiger charge is -2.12. The van der Waals surface area contributed by atoms with Crippen molar-refractivity contribution in [3.63, 3.8) is 0 Å². The van der Waals surface area contributed by atoms with Gasteiger partial charge in [0.25, 0.3) is 0 Å². The van der Waals surface area contributed by atoms with Crippen LogP contribution in [0.4, 0.5) is 14.9 Å². The van der Waals surface area contributed by atoms with E-state index in [-0.39, 0.29) is 23.4 Å². The summed E-state index contributed by atoms with van der Waals surface area (Å²) in [5.41, 5.74) is 0.438. The number of sulfone groups is 1. The Balaban J connectivity index is 1.36. The van der Waals surface area contributed by atoms with E-state index < -0.39 is 15.7 Å². The van der Waals surface area contributed by atoms with Crippen LogP contribution in [-0.4, -0.2) is 26.7 Å². The van der Waals surface area contributed by atoms with Gasteiger partial charge in [-0.15, -0.1) is 0 Å². The molecule has 2 bridgehead atoms. The molecule has 3 saturated carbocycles. The highest BCUT2D eigenvalue weighted by Gasteiger charge is 2.65. The number of halogens is 1. The predicted molar refractivity (Wildman–Crippen MR) is 88.7 cm³/mol. The highest BCUT2D eigenvalue weighted by Crippen LogP contribution is 2.65. The minimum atomic E-state index is -3.30. The summed E-state index contributed by atoms with van der Waals surface area (Å²) in [4.78, 5) is 12.1. The van der Waals surface area contributed by atoms with Gasteiger partial charge in [-0.2, -0.15) is 0 Å². The molecule has 0 saturated heterocycles. The second kappa shape index (κ2) is 5.44. The molecule has 4 rings (SSSR count). The zero-order chi connectivity index (χ0) is 17.1. The van der Waals surface area contributed by atoms with E-state index in [4.69, 9.17) is 0 Å². The minimum Gasteiger partial charge on any atom is -0.335 e. The second-order valence-corrected chi connectivity index (χ2v) is 9.63. The highest BCUT2D eigenvalue weighted by atomic mass is 32.2. The number of nitrogens with one attached hydrogen (secondary N) is 2. The fourth-order valence-corrected chi connectivity index (χ4v) is 5.66. The van der Waals surface area contributed by atoms with Gasteiger partial charge < -0.3 is 10.6 Å². The number of carbonyl (C=O) groups is 1. The summed E-state index contributed by atoms with van der Waals surface area (Å²) in [5.74, 6) is 1.86. The Kier molecular flexibility index (Phi) is 3.60. The van der Waals surface area contributed by atoms with Crippen molar-refractivity contribution >= 4 is 21.6 Å². The van der Waals surface area contributed by atoms with E-state index in [2.05, 4.69) is 10.6 Å². The van der Waals surface area contributed by atoms with Crippen LogP contribution >= 0.6 is 0 Å². The maximum absolute atomic E-state index is 14.0. The Labute approximate surface area is 140 Å². The zero-order valence-electron chi connectivity index (χ0n) is 13.5. The van der Waals surface area contributed by atoms with Gasteiger partial charge in [0, 0.05) is 23.5 Å². The van der Waals surface area contributed by atoms with E-state index in [1.807, 2.05) is 0 Å². The number of hydrogen-bond donors (Lipinski definition) is 2. The van der Waals surface area contributed by atoms with Gasteiger partial charge in [-0.3, -0.25) is 0 Å². The molecule has 0 aromatic heterocycles. The molecule has 0 spiro atoms. The van der Waals surface area contributed by atoms with Gasteiger partial charge in [-0.25, -0.2) is 17.6 Å². The number of amides is 2. The lowest BCUT2D eigenvalue weighted by atomic mass is 10.0. The molecule has 0 radical (unpaired) electrons. The van der Waals surface area contributed by atoms with Crippen LogP contribution in [0.3, 0.4) is 0 Å². The third-order valence-corrected chi connectivity index (χ3v) is 6.60. The molecule has 3 aliphatic rings. The van der Waals surface area contributed by atoms with Gasteiger partial charge in [-0.1, -0.05) is 6.07 Å². The number of anilines is 1. The molecule has 7 heteroatoms. The second-order valence-electron chi connectivity index (χ2n) is 7.49. The molecule has 3 fully saturated rings. The van der Waals surface area contributed by atoms with Gasteiger partial charge in [0.15, 0.2) is 9.84 Å². The van der Waals surface area contributed by atoms with Crippen LogP contribution in [0.2, 0.25) is 0 Å². The van der Waals surface area contributed by atoms with Gasteiger partial charge in [0.1, 0.15) is 5.82 Å². The Hall–Kier alpha value is -1.63. The van der Waals surface area contributed by atoms with Crippen molar-refractivity contribution in [1.29, 1.82) is 0 Å². The lowest BCUT2D eigenvalue weighted by Crippen LogP contribution is -2.33. The van der Waals surface area contributed by atoms with Crippen molar-refractivity contribution in [3.8, 4) is 0 Å². The summed E-state index contributed by atoms with van der Waals surface area (Å²) >= 11 is 0. The average Bonchev–Trinajstić information content (AvgIpc) is 2.88. The first-order valence-electron chi connectivity index (χ1n) is 8.35. The average molecular weight is 352 g/mol. The Bertz CT molecular complexity index is 779. The predicted octanol–water partition coefficient (Wildman–Crippen LogP) is 2.54. The van der Waals surface area contributed by atoms with Crippen molar-refractivity contribution < 1.29 is 17.6 Å². The Morgan fingerprint density at radius 1 is 1.25 bits per heavy atom. The van der Waals surface area contributed by atoms with E-state index in [9.17, 15) is 17.6 Å². The summed E-state index contributed by atoms with van der Waals surface area (Å²) in [5, 5.41) is 5.65. The summed E-state index contributed by atoms with van der Waals surface area (Å²) in [7, 11) is -3.30. The molecular formula is C17H21FN2O3S. The third kappa shape index (κ3) is 2.90. The van der Waals surface area contributed by atoms with E-state index in [1.165, 1.54) is 31.4 Å². The molecule has 0 unspecified atom stereocenters. The number of carbonyl (C=O) groups excluding carboxylic acids is 1.